The van der Waals surface area contributed by atoms with Crippen molar-refractivity contribution in [2.24, 2.45) is 0 Å². The summed E-state index contributed by atoms with van der Waals surface area (Å²) in [6, 6.07) is 9.90. The maximum absolute atomic E-state index is 5.34. The van der Waals surface area contributed by atoms with Crippen molar-refractivity contribution in [3.8, 4) is 0 Å². The van der Waals surface area contributed by atoms with Crippen molar-refractivity contribution >= 4 is 20.8 Å². The highest BCUT2D eigenvalue weighted by Gasteiger charge is 1.95. The Morgan fingerprint density at radius 1 is 1.31 bits per heavy atom. The summed E-state index contributed by atoms with van der Waals surface area (Å²) < 4.78 is 5.34. The minimum absolute atomic E-state index is 0.823. The van der Waals surface area contributed by atoms with E-state index in [1.807, 2.05) is 6.92 Å². The highest BCUT2D eigenvalue weighted by atomic mass is 28.2. The van der Waals surface area contributed by atoms with Crippen LogP contribution in [0.15, 0.2) is 30.3 Å². The van der Waals surface area contributed by atoms with Gasteiger partial charge in [0, 0.05) is 13.2 Å². The first-order valence-electron chi connectivity index (χ1n) is 5.95. The smallest absolute Gasteiger partial charge is 0.0831 e. The van der Waals surface area contributed by atoms with Gasteiger partial charge in [0.05, 0.1) is 9.52 Å². The molecule has 0 fully saturated rings. The third-order valence-electron chi connectivity index (χ3n) is 2.21. The summed E-state index contributed by atoms with van der Waals surface area (Å²) in [5.41, 5.74) is 1.31. The Labute approximate surface area is 101 Å². The number of rotatable bonds is 7. The van der Waals surface area contributed by atoms with E-state index in [1.54, 1.807) is 0 Å². The van der Waals surface area contributed by atoms with Crippen molar-refractivity contribution in [2.75, 3.05) is 13.2 Å². The normalized spacial score (nSPS) is 11.1. The van der Waals surface area contributed by atoms with Crippen LogP contribution in [0.3, 0.4) is 0 Å². The average Bonchev–Trinajstić information content (AvgIpc) is 2.33. The Hall–Kier alpha value is -0.863. The molecule has 1 aromatic rings. The summed E-state index contributed by atoms with van der Waals surface area (Å²) in [5, 5.41) is 1.43. The molecular weight excluding hydrogens is 212 g/mol. The SMILES string of the molecule is CCC=Cc1cccc([Si]CCOCC)c1. The average molecular weight is 232 g/mol. The van der Waals surface area contributed by atoms with Gasteiger partial charge in [0.2, 0.25) is 0 Å². The first kappa shape index (κ1) is 13.2. The lowest BCUT2D eigenvalue weighted by atomic mass is 10.2. The molecule has 0 aliphatic carbocycles. The van der Waals surface area contributed by atoms with Crippen molar-refractivity contribution in [2.45, 2.75) is 26.3 Å². The van der Waals surface area contributed by atoms with Gasteiger partial charge in [-0.05, 0) is 25.0 Å². The van der Waals surface area contributed by atoms with Gasteiger partial charge in [0.1, 0.15) is 0 Å². The fraction of sp³-hybridized carbons (Fsp3) is 0.429. The summed E-state index contributed by atoms with van der Waals surface area (Å²) in [7, 11) is 0.857. The van der Waals surface area contributed by atoms with Gasteiger partial charge in [0.15, 0.2) is 0 Å². The third kappa shape index (κ3) is 5.28. The first-order chi connectivity index (χ1) is 7.86. The molecule has 0 saturated heterocycles. The van der Waals surface area contributed by atoms with E-state index in [-0.39, 0.29) is 0 Å². The Balaban J connectivity index is 2.44. The largest absolute Gasteiger partial charge is 0.382 e. The Bertz CT molecular complexity index is 320. The van der Waals surface area contributed by atoms with Crippen LogP contribution in [0.4, 0.5) is 0 Å². The number of benzene rings is 1. The second-order valence-electron chi connectivity index (χ2n) is 3.56. The maximum atomic E-state index is 5.34. The molecule has 2 heteroatoms. The van der Waals surface area contributed by atoms with Crippen molar-refractivity contribution in [3.63, 3.8) is 0 Å². The van der Waals surface area contributed by atoms with E-state index in [4.69, 9.17) is 4.74 Å². The molecule has 1 rings (SSSR count). The minimum atomic E-state index is 0.823. The number of ether oxygens (including phenoxy) is 1. The molecule has 0 unspecified atom stereocenters. The monoisotopic (exact) mass is 232 g/mol. The number of hydrogen-bond donors (Lipinski definition) is 0. The second-order valence-corrected chi connectivity index (χ2v) is 4.99. The zero-order valence-electron chi connectivity index (χ0n) is 10.2. The molecule has 0 spiro atoms. The Kier molecular flexibility index (Phi) is 6.86. The lowest BCUT2D eigenvalue weighted by molar-refractivity contribution is 0.162. The zero-order chi connectivity index (χ0) is 11.6. The topological polar surface area (TPSA) is 9.23 Å². The highest BCUT2D eigenvalue weighted by Crippen LogP contribution is 2.00. The Morgan fingerprint density at radius 2 is 2.19 bits per heavy atom. The van der Waals surface area contributed by atoms with Gasteiger partial charge in [0.25, 0.3) is 0 Å². The van der Waals surface area contributed by atoms with E-state index in [0.717, 1.165) is 35.2 Å². The fourth-order valence-corrected chi connectivity index (χ4v) is 2.44. The predicted octanol–water partition coefficient (Wildman–Crippen LogP) is 2.89. The molecule has 0 aliphatic heterocycles. The van der Waals surface area contributed by atoms with Gasteiger partial charge in [-0.15, -0.1) is 0 Å². The molecule has 0 aromatic heterocycles. The number of allylic oxidation sites excluding steroid dienone is 1. The molecular formula is C14H20OSi. The van der Waals surface area contributed by atoms with E-state index in [9.17, 15) is 0 Å². The van der Waals surface area contributed by atoms with Gasteiger partial charge in [-0.2, -0.15) is 0 Å². The third-order valence-corrected chi connectivity index (χ3v) is 3.39. The van der Waals surface area contributed by atoms with Crippen molar-refractivity contribution in [1.82, 2.24) is 0 Å². The van der Waals surface area contributed by atoms with Gasteiger partial charge < -0.3 is 4.74 Å². The minimum Gasteiger partial charge on any atom is -0.382 e. The van der Waals surface area contributed by atoms with E-state index < -0.39 is 0 Å². The van der Waals surface area contributed by atoms with Crippen LogP contribution in [0.2, 0.25) is 6.04 Å². The first-order valence-corrected chi connectivity index (χ1v) is 7.15. The summed E-state index contributed by atoms with van der Waals surface area (Å²) in [4.78, 5) is 0. The maximum Gasteiger partial charge on any atom is 0.0831 e. The standard InChI is InChI=1S/C14H20OSi/c1-3-5-7-13-8-6-9-14(12-13)16-11-10-15-4-2/h5-9,12H,3-4,10-11H2,1-2H3. The van der Waals surface area contributed by atoms with Crippen LogP contribution in [0.25, 0.3) is 6.08 Å². The molecule has 2 radical (unpaired) electrons. The van der Waals surface area contributed by atoms with Crippen molar-refractivity contribution < 1.29 is 4.74 Å². The second kappa shape index (κ2) is 8.31. The molecule has 0 atom stereocenters. The molecule has 1 nitrogen and oxygen atoms in total. The summed E-state index contributed by atoms with van der Waals surface area (Å²) in [6.07, 6.45) is 5.48. The molecule has 0 heterocycles. The van der Waals surface area contributed by atoms with E-state index >= 15 is 0 Å². The van der Waals surface area contributed by atoms with E-state index in [2.05, 4.69) is 43.3 Å². The molecule has 0 N–H and O–H groups in total. The number of hydrogen-bond acceptors (Lipinski definition) is 1. The Morgan fingerprint density at radius 3 is 2.94 bits per heavy atom. The van der Waals surface area contributed by atoms with Gasteiger partial charge in [-0.25, -0.2) is 0 Å². The summed E-state index contributed by atoms with van der Waals surface area (Å²) in [5.74, 6) is 0. The van der Waals surface area contributed by atoms with Crippen LogP contribution < -0.4 is 5.19 Å². The van der Waals surface area contributed by atoms with Gasteiger partial charge >= 0.3 is 0 Å². The molecule has 0 saturated carbocycles. The van der Waals surface area contributed by atoms with Crippen LogP contribution in [0, 0.1) is 0 Å². The predicted molar refractivity (Wildman–Crippen MR) is 72.5 cm³/mol. The molecule has 16 heavy (non-hydrogen) atoms. The highest BCUT2D eigenvalue weighted by molar-refractivity contribution is 6.53. The lowest BCUT2D eigenvalue weighted by Crippen LogP contribution is -2.15. The van der Waals surface area contributed by atoms with Crippen LogP contribution in [-0.2, 0) is 4.74 Å². The molecule has 1 aromatic carbocycles. The quantitative estimate of drug-likeness (QED) is 0.519. The van der Waals surface area contributed by atoms with Gasteiger partial charge in [-0.3, -0.25) is 0 Å². The van der Waals surface area contributed by atoms with Crippen LogP contribution >= 0.6 is 0 Å². The zero-order valence-corrected chi connectivity index (χ0v) is 11.2. The van der Waals surface area contributed by atoms with Crippen LogP contribution in [-0.4, -0.2) is 22.7 Å². The van der Waals surface area contributed by atoms with E-state index in [1.165, 1.54) is 10.8 Å². The summed E-state index contributed by atoms with van der Waals surface area (Å²) in [6.45, 7) is 5.90. The van der Waals surface area contributed by atoms with Crippen LogP contribution in [0.5, 0.6) is 0 Å². The molecule has 0 aliphatic rings. The van der Waals surface area contributed by atoms with Crippen molar-refractivity contribution in [1.29, 1.82) is 0 Å². The summed E-state index contributed by atoms with van der Waals surface area (Å²) >= 11 is 0. The van der Waals surface area contributed by atoms with E-state index in [0.29, 0.717) is 0 Å². The van der Waals surface area contributed by atoms with Crippen molar-refractivity contribution in [3.05, 3.63) is 35.9 Å². The lowest BCUT2D eigenvalue weighted by Gasteiger charge is -2.02. The van der Waals surface area contributed by atoms with Gasteiger partial charge in [-0.1, -0.05) is 48.5 Å². The molecule has 0 amide bonds. The molecule has 0 bridgehead atoms. The molecule has 86 valence electrons. The van der Waals surface area contributed by atoms with Crippen LogP contribution in [0.1, 0.15) is 25.8 Å². The fourth-order valence-electron chi connectivity index (χ4n) is 1.42.